The zero-order valence-corrected chi connectivity index (χ0v) is 29.8. The first-order chi connectivity index (χ1) is 23.0. The number of carbonyl (C=O) groups excluding carboxylic acids is 2. The molecule has 0 saturated heterocycles. The molecule has 0 atom stereocenters. The van der Waals surface area contributed by atoms with Gasteiger partial charge in [0.1, 0.15) is 28.6 Å². The molecule has 2 heterocycles. The number of anilines is 3. The lowest BCUT2D eigenvalue weighted by molar-refractivity contribution is 0.0635. The Balaban J connectivity index is 1.33. The Morgan fingerprint density at radius 2 is 1.49 bits per heavy atom. The SMILES string of the molecule is Cc1ccc(-n2nc(C(C)(C)C)cc2NC(=O)Nc2ccc(OC(C)(C)Cc3ccnc(NC(=O)OC(C)(C)C)c3)c3ccccc23)cc1. The van der Waals surface area contributed by atoms with Gasteiger partial charge in [-0.2, -0.15) is 5.10 Å². The summed E-state index contributed by atoms with van der Waals surface area (Å²) in [6, 6.07) is 24.8. The van der Waals surface area contributed by atoms with Gasteiger partial charge in [0.2, 0.25) is 0 Å². The van der Waals surface area contributed by atoms with Crippen LogP contribution in [0.2, 0.25) is 0 Å². The third kappa shape index (κ3) is 9.16. The van der Waals surface area contributed by atoms with E-state index in [1.807, 2.05) is 120 Å². The molecular weight excluding hydrogens is 616 g/mol. The molecule has 3 N–H and O–H groups in total. The largest absolute Gasteiger partial charge is 0.487 e. The first-order valence-electron chi connectivity index (χ1n) is 16.4. The highest BCUT2D eigenvalue weighted by Gasteiger charge is 2.25. The van der Waals surface area contributed by atoms with Crippen molar-refractivity contribution in [3.05, 3.63) is 102 Å². The van der Waals surface area contributed by atoms with Crippen molar-refractivity contribution in [2.75, 3.05) is 16.0 Å². The zero-order chi connectivity index (χ0) is 35.6. The van der Waals surface area contributed by atoms with Gasteiger partial charge >= 0.3 is 12.1 Å². The Hall–Kier alpha value is -5.38. The smallest absolute Gasteiger partial charge is 0.413 e. The summed E-state index contributed by atoms with van der Waals surface area (Å²) >= 11 is 0. The second kappa shape index (κ2) is 13.6. The van der Waals surface area contributed by atoms with E-state index in [2.05, 4.69) is 41.7 Å². The van der Waals surface area contributed by atoms with Crippen molar-refractivity contribution < 1.29 is 19.1 Å². The maximum Gasteiger partial charge on any atom is 0.413 e. The van der Waals surface area contributed by atoms with E-state index in [0.29, 0.717) is 29.5 Å². The van der Waals surface area contributed by atoms with Crippen LogP contribution in [0.25, 0.3) is 16.5 Å². The Labute approximate surface area is 288 Å². The Bertz CT molecular complexity index is 1970. The standard InChI is InChI=1S/C39H46N6O4/c1-25-14-16-27(17-15-25)45-34(23-32(44-45)37(2,3)4)43-35(46)41-30-18-19-31(29-13-11-10-12-28(29)30)48-39(8,9)24-26-20-21-40-33(22-26)42-36(47)49-38(5,6)7/h10-23H,24H2,1-9H3,(H,40,42,47)(H2,41,43,46). The Morgan fingerprint density at radius 1 is 0.796 bits per heavy atom. The summed E-state index contributed by atoms with van der Waals surface area (Å²) in [4.78, 5) is 30.0. The topological polar surface area (TPSA) is 119 Å². The van der Waals surface area contributed by atoms with E-state index in [9.17, 15) is 9.59 Å². The minimum atomic E-state index is -0.626. The van der Waals surface area contributed by atoms with Gasteiger partial charge in [-0.1, -0.05) is 62.7 Å². The number of benzene rings is 3. The van der Waals surface area contributed by atoms with Crippen LogP contribution in [0.15, 0.2) is 85.1 Å². The van der Waals surface area contributed by atoms with Crippen LogP contribution in [0.1, 0.15) is 72.2 Å². The van der Waals surface area contributed by atoms with Crippen LogP contribution in [0.5, 0.6) is 5.75 Å². The van der Waals surface area contributed by atoms with Crippen molar-refractivity contribution in [1.82, 2.24) is 14.8 Å². The number of carbonyl (C=O) groups is 2. The highest BCUT2D eigenvalue weighted by atomic mass is 16.6. The summed E-state index contributed by atoms with van der Waals surface area (Å²) in [7, 11) is 0. The van der Waals surface area contributed by atoms with Gasteiger partial charge in [0, 0.05) is 34.9 Å². The molecule has 10 heteroatoms. The fourth-order valence-corrected chi connectivity index (χ4v) is 5.34. The molecule has 5 rings (SSSR count). The van der Waals surface area contributed by atoms with Crippen LogP contribution in [0.4, 0.5) is 26.9 Å². The molecule has 0 aliphatic rings. The average molecular weight is 663 g/mol. The molecular formula is C39H46N6O4. The fraction of sp³-hybridized carbons (Fsp3) is 0.333. The molecule has 0 fully saturated rings. The number of nitrogens with one attached hydrogen (secondary N) is 3. The van der Waals surface area contributed by atoms with Crippen LogP contribution in [0.3, 0.4) is 0 Å². The molecule has 3 aromatic carbocycles. The van der Waals surface area contributed by atoms with Gasteiger partial charge in [0.05, 0.1) is 17.1 Å². The number of aromatic nitrogens is 3. The molecule has 0 aliphatic heterocycles. The number of urea groups is 1. The number of hydrogen-bond donors (Lipinski definition) is 3. The van der Waals surface area contributed by atoms with Crippen molar-refractivity contribution in [1.29, 1.82) is 0 Å². The van der Waals surface area contributed by atoms with Crippen LogP contribution in [-0.2, 0) is 16.6 Å². The van der Waals surface area contributed by atoms with Crippen molar-refractivity contribution in [2.24, 2.45) is 0 Å². The minimum absolute atomic E-state index is 0.209. The van der Waals surface area contributed by atoms with Crippen LogP contribution < -0.4 is 20.7 Å². The molecule has 0 aliphatic carbocycles. The number of pyridine rings is 1. The van der Waals surface area contributed by atoms with E-state index in [-0.39, 0.29) is 11.4 Å². The summed E-state index contributed by atoms with van der Waals surface area (Å²) in [6.45, 7) is 17.7. The first-order valence-corrected chi connectivity index (χ1v) is 16.4. The molecule has 2 aromatic heterocycles. The highest BCUT2D eigenvalue weighted by Crippen LogP contribution is 2.35. The quantitative estimate of drug-likeness (QED) is 0.152. The molecule has 0 unspecified atom stereocenters. The number of fused-ring (bicyclic) bond motifs is 1. The molecule has 3 amide bonds. The Kier molecular flexibility index (Phi) is 9.71. The zero-order valence-electron chi connectivity index (χ0n) is 29.8. The van der Waals surface area contributed by atoms with Gasteiger partial charge in [-0.05, 0) is 83.5 Å². The van der Waals surface area contributed by atoms with Gasteiger partial charge < -0.3 is 14.8 Å². The maximum absolute atomic E-state index is 13.5. The first kappa shape index (κ1) is 34.9. The average Bonchev–Trinajstić information content (AvgIpc) is 3.42. The maximum atomic E-state index is 13.5. The van der Waals surface area contributed by atoms with Gasteiger partial charge in [-0.25, -0.2) is 19.3 Å². The molecule has 0 saturated carbocycles. The minimum Gasteiger partial charge on any atom is -0.487 e. The van der Waals surface area contributed by atoms with Gasteiger partial charge in [-0.15, -0.1) is 0 Å². The third-order valence-corrected chi connectivity index (χ3v) is 7.60. The van der Waals surface area contributed by atoms with Crippen LogP contribution in [-0.4, -0.2) is 38.1 Å². The van der Waals surface area contributed by atoms with Gasteiger partial charge in [-0.3, -0.25) is 10.6 Å². The number of rotatable bonds is 8. The number of hydrogen-bond acceptors (Lipinski definition) is 6. The molecule has 0 bridgehead atoms. The number of ether oxygens (including phenoxy) is 2. The molecule has 10 nitrogen and oxygen atoms in total. The molecule has 5 aromatic rings. The van der Waals surface area contributed by atoms with Crippen LogP contribution >= 0.6 is 0 Å². The number of amides is 3. The van der Waals surface area contributed by atoms with Crippen molar-refractivity contribution in [3.8, 4) is 11.4 Å². The van der Waals surface area contributed by atoms with Crippen molar-refractivity contribution >= 4 is 40.2 Å². The van der Waals surface area contributed by atoms with Crippen molar-refractivity contribution in [2.45, 2.75) is 85.4 Å². The second-order valence-corrected chi connectivity index (χ2v) is 14.9. The predicted octanol–water partition coefficient (Wildman–Crippen LogP) is 9.42. The summed E-state index contributed by atoms with van der Waals surface area (Å²) in [6.07, 6.45) is 1.63. The third-order valence-electron chi connectivity index (χ3n) is 7.60. The lowest BCUT2D eigenvalue weighted by Gasteiger charge is -2.28. The van der Waals surface area contributed by atoms with E-state index in [4.69, 9.17) is 14.6 Å². The van der Waals surface area contributed by atoms with Gasteiger partial charge in [0.25, 0.3) is 0 Å². The lowest BCUT2D eigenvalue weighted by Crippen LogP contribution is -2.31. The highest BCUT2D eigenvalue weighted by molar-refractivity contribution is 6.07. The fourth-order valence-electron chi connectivity index (χ4n) is 5.34. The van der Waals surface area contributed by atoms with Crippen molar-refractivity contribution in [3.63, 3.8) is 0 Å². The Morgan fingerprint density at radius 3 is 2.16 bits per heavy atom. The van der Waals surface area contributed by atoms with E-state index < -0.39 is 17.3 Å². The number of nitrogens with zero attached hydrogens (tertiary/aromatic N) is 3. The molecule has 0 spiro atoms. The predicted molar refractivity (Wildman–Crippen MR) is 196 cm³/mol. The summed E-state index contributed by atoms with van der Waals surface area (Å²) < 4.78 is 13.7. The summed E-state index contributed by atoms with van der Waals surface area (Å²) in [5.41, 5.74) is 2.98. The van der Waals surface area contributed by atoms with Gasteiger partial charge in [0.15, 0.2) is 0 Å². The van der Waals surface area contributed by atoms with E-state index in [1.54, 1.807) is 10.9 Å². The monoisotopic (exact) mass is 662 g/mol. The van der Waals surface area contributed by atoms with E-state index >= 15 is 0 Å². The second-order valence-electron chi connectivity index (χ2n) is 14.9. The summed E-state index contributed by atoms with van der Waals surface area (Å²) in [5.74, 6) is 1.65. The lowest BCUT2D eigenvalue weighted by atomic mass is 9.92. The molecule has 49 heavy (non-hydrogen) atoms. The van der Waals surface area contributed by atoms with E-state index in [1.165, 1.54) is 0 Å². The van der Waals surface area contributed by atoms with E-state index in [0.717, 1.165) is 33.3 Å². The molecule has 0 radical (unpaired) electrons. The molecule has 256 valence electrons. The normalized spacial score (nSPS) is 12.0. The summed E-state index contributed by atoms with van der Waals surface area (Å²) in [5, 5.41) is 15.3. The number of aryl methyl sites for hydroxylation is 1. The van der Waals surface area contributed by atoms with Crippen LogP contribution in [0, 0.1) is 6.92 Å².